The topological polar surface area (TPSA) is 54.6 Å². The smallest absolute Gasteiger partial charge is 0.416 e. The molecule has 1 N–H and O–H groups in total. The van der Waals surface area contributed by atoms with Crippen molar-refractivity contribution in [3.63, 3.8) is 0 Å². The molecular weight excluding hydrogens is 486 g/mol. The summed E-state index contributed by atoms with van der Waals surface area (Å²) in [5, 5.41) is 3.95. The fraction of sp³-hybridized carbons (Fsp3) is 0.0769. The van der Waals surface area contributed by atoms with Gasteiger partial charge >= 0.3 is 18.3 Å². The summed E-state index contributed by atoms with van der Waals surface area (Å²) in [4.78, 5) is 12.6. The number of rotatable bonds is 5. The molecule has 4 nitrogen and oxygen atoms in total. The molecule has 0 saturated carbocycles. The van der Waals surface area contributed by atoms with Crippen molar-refractivity contribution in [1.29, 1.82) is 0 Å². The lowest BCUT2D eigenvalue weighted by atomic mass is 9.99. The van der Waals surface area contributed by atoms with E-state index in [1.54, 1.807) is 30.3 Å². The van der Waals surface area contributed by atoms with Crippen LogP contribution in [0, 0.1) is 0 Å². The first-order chi connectivity index (χ1) is 17.0. The Morgan fingerprint density at radius 1 is 0.694 bits per heavy atom. The number of halogens is 6. The number of nitrogens with zero attached hydrogens (tertiary/aromatic N) is 1. The Labute approximate surface area is 200 Å². The largest absolute Gasteiger partial charge is 0.451 e. The van der Waals surface area contributed by atoms with Crippen LogP contribution in [0.3, 0.4) is 0 Å². The molecule has 0 atom stereocenters. The summed E-state index contributed by atoms with van der Waals surface area (Å²) >= 11 is 0. The first-order valence-electron chi connectivity index (χ1n) is 10.4. The molecule has 184 valence electrons. The molecule has 36 heavy (non-hydrogen) atoms. The highest BCUT2D eigenvalue weighted by atomic mass is 19.4. The highest BCUT2D eigenvalue weighted by molar-refractivity contribution is 6.13. The number of benzene rings is 3. The maximum Gasteiger partial charge on any atom is 0.416 e. The SMILES string of the molecule is O=C(N/N=C(\c1ccc(C(F)(F)F)cc1)c1cccc(C(F)(F)F)c1)c1ccc(-c2ccccc2)o1. The summed E-state index contributed by atoms with van der Waals surface area (Å²) < 4.78 is 84.2. The van der Waals surface area contributed by atoms with E-state index in [1.165, 1.54) is 12.1 Å². The summed E-state index contributed by atoms with van der Waals surface area (Å²) in [6.45, 7) is 0. The van der Waals surface area contributed by atoms with Crippen LogP contribution in [-0.4, -0.2) is 11.6 Å². The van der Waals surface area contributed by atoms with Gasteiger partial charge in [-0.15, -0.1) is 0 Å². The van der Waals surface area contributed by atoms with E-state index in [0.29, 0.717) is 5.76 Å². The molecule has 3 aromatic carbocycles. The summed E-state index contributed by atoms with van der Waals surface area (Å²) in [7, 11) is 0. The summed E-state index contributed by atoms with van der Waals surface area (Å²) in [6.07, 6.45) is -9.26. The minimum Gasteiger partial charge on any atom is -0.451 e. The van der Waals surface area contributed by atoms with Gasteiger partial charge in [0.1, 0.15) is 5.76 Å². The zero-order valence-corrected chi connectivity index (χ0v) is 18.2. The van der Waals surface area contributed by atoms with Crippen LogP contribution in [0.4, 0.5) is 26.3 Å². The fourth-order valence-corrected chi connectivity index (χ4v) is 3.33. The lowest BCUT2D eigenvalue weighted by Gasteiger charge is -2.12. The number of hydrogen-bond acceptors (Lipinski definition) is 3. The normalized spacial score (nSPS) is 12.4. The zero-order valence-electron chi connectivity index (χ0n) is 18.2. The van der Waals surface area contributed by atoms with Crippen LogP contribution in [0.2, 0.25) is 0 Å². The van der Waals surface area contributed by atoms with Crippen LogP contribution in [0.5, 0.6) is 0 Å². The van der Waals surface area contributed by atoms with Gasteiger partial charge in [-0.3, -0.25) is 4.79 Å². The Morgan fingerprint density at radius 2 is 1.36 bits per heavy atom. The van der Waals surface area contributed by atoms with Crippen molar-refractivity contribution in [2.45, 2.75) is 12.4 Å². The second-order valence-electron chi connectivity index (χ2n) is 7.58. The van der Waals surface area contributed by atoms with Crippen LogP contribution < -0.4 is 5.43 Å². The molecular formula is C26H16F6N2O2. The molecule has 4 rings (SSSR count). The van der Waals surface area contributed by atoms with Crippen LogP contribution in [0.15, 0.2) is 101 Å². The molecule has 0 aliphatic heterocycles. The van der Waals surface area contributed by atoms with Gasteiger partial charge < -0.3 is 4.42 Å². The second kappa shape index (κ2) is 9.73. The minimum absolute atomic E-state index is 0.0608. The van der Waals surface area contributed by atoms with Gasteiger partial charge in [-0.2, -0.15) is 31.4 Å². The van der Waals surface area contributed by atoms with Crippen molar-refractivity contribution < 1.29 is 35.6 Å². The van der Waals surface area contributed by atoms with E-state index in [1.807, 2.05) is 6.07 Å². The third-order valence-electron chi connectivity index (χ3n) is 5.11. The zero-order chi connectivity index (χ0) is 25.9. The van der Waals surface area contributed by atoms with Crippen LogP contribution in [0.1, 0.15) is 32.8 Å². The number of carbonyl (C=O) groups is 1. The van der Waals surface area contributed by atoms with E-state index in [0.717, 1.165) is 48.0 Å². The van der Waals surface area contributed by atoms with Crippen molar-refractivity contribution in [2.24, 2.45) is 5.10 Å². The summed E-state index contributed by atoms with van der Waals surface area (Å²) in [5.74, 6) is -0.507. The first-order valence-corrected chi connectivity index (χ1v) is 10.4. The van der Waals surface area contributed by atoms with E-state index in [9.17, 15) is 31.1 Å². The molecule has 10 heteroatoms. The van der Waals surface area contributed by atoms with Crippen LogP contribution >= 0.6 is 0 Å². The summed E-state index contributed by atoms with van der Waals surface area (Å²) in [5.41, 5.74) is 0.842. The number of hydrogen-bond donors (Lipinski definition) is 1. The van der Waals surface area contributed by atoms with Gasteiger partial charge in [-0.05, 0) is 36.4 Å². The number of furan rings is 1. The van der Waals surface area contributed by atoms with Gasteiger partial charge in [0.25, 0.3) is 0 Å². The second-order valence-corrected chi connectivity index (χ2v) is 7.58. The van der Waals surface area contributed by atoms with E-state index >= 15 is 0 Å². The molecule has 0 bridgehead atoms. The maximum atomic E-state index is 13.2. The van der Waals surface area contributed by atoms with E-state index < -0.39 is 29.4 Å². The number of carbonyl (C=O) groups excluding carboxylic acids is 1. The molecule has 0 fully saturated rings. The van der Waals surface area contributed by atoms with Gasteiger partial charge in [0.05, 0.1) is 16.8 Å². The lowest BCUT2D eigenvalue weighted by Crippen LogP contribution is -2.20. The average molecular weight is 502 g/mol. The molecule has 1 heterocycles. The molecule has 0 aliphatic carbocycles. The molecule has 0 spiro atoms. The molecule has 0 radical (unpaired) electrons. The van der Waals surface area contributed by atoms with Crippen LogP contribution in [-0.2, 0) is 12.4 Å². The molecule has 0 aliphatic rings. The lowest BCUT2D eigenvalue weighted by molar-refractivity contribution is -0.138. The monoisotopic (exact) mass is 502 g/mol. The number of hydrazone groups is 1. The van der Waals surface area contributed by atoms with Gasteiger partial charge in [-0.25, -0.2) is 5.43 Å². The van der Waals surface area contributed by atoms with Crippen molar-refractivity contribution in [1.82, 2.24) is 5.43 Å². The average Bonchev–Trinajstić information content (AvgIpc) is 3.35. The Kier molecular flexibility index (Phi) is 6.69. The third-order valence-corrected chi connectivity index (χ3v) is 5.11. The van der Waals surface area contributed by atoms with Gasteiger partial charge in [-0.1, -0.05) is 54.6 Å². The molecule has 1 amide bonds. The van der Waals surface area contributed by atoms with E-state index in [-0.39, 0.29) is 22.6 Å². The number of amides is 1. The molecule has 0 saturated heterocycles. The van der Waals surface area contributed by atoms with E-state index in [2.05, 4.69) is 10.5 Å². The molecule has 4 aromatic rings. The van der Waals surface area contributed by atoms with Gasteiger partial charge in [0, 0.05) is 16.7 Å². The summed E-state index contributed by atoms with van der Waals surface area (Å²) in [6, 6.07) is 19.7. The van der Waals surface area contributed by atoms with Crippen molar-refractivity contribution in [3.8, 4) is 11.3 Å². The standard InChI is InChI=1S/C26H16F6N2O2/c27-25(28,29)19-11-9-17(10-12-19)23(18-7-4-8-20(15-18)26(30,31)32)33-34-24(35)22-14-13-21(36-22)16-5-2-1-3-6-16/h1-15H,(H,34,35)/b33-23+. The third kappa shape index (κ3) is 5.65. The maximum absolute atomic E-state index is 13.2. The Bertz CT molecular complexity index is 1390. The van der Waals surface area contributed by atoms with Crippen molar-refractivity contribution in [2.75, 3.05) is 0 Å². The highest BCUT2D eigenvalue weighted by Gasteiger charge is 2.32. The van der Waals surface area contributed by atoms with E-state index in [4.69, 9.17) is 4.42 Å². The molecule has 1 aromatic heterocycles. The predicted octanol–water partition coefficient (Wildman–Crippen LogP) is 7.17. The van der Waals surface area contributed by atoms with Crippen molar-refractivity contribution in [3.05, 3.63) is 119 Å². The Balaban J connectivity index is 1.68. The highest BCUT2D eigenvalue weighted by Crippen LogP contribution is 2.31. The van der Waals surface area contributed by atoms with Crippen molar-refractivity contribution >= 4 is 11.6 Å². The fourth-order valence-electron chi connectivity index (χ4n) is 3.33. The number of nitrogens with one attached hydrogen (secondary N) is 1. The Morgan fingerprint density at radius 3 is 2.00 bits per heavy atom. The Hall–Kier alpha value is -4.34. The first kappa shape index (κ1) is 24.8. The van der Waals surface area contributed by atoms with Gasteiger partial charge in [0.2, 0.25) is 0 Å². The van der Waals surface area contributed by atoms with Crippen LogP contribution in [0.25, 0.3) is 11.3 Å². The minimum atomic E-state index is -4.66. The number of alkyl halides is 6. The molecule has 0 unspecified atom stereocenters. The predicted molar refractivity (Wildman–Crippen MR) is 120 cm³/mol. The quantitative estimate of drug-likeness (QED) is 0.179. The van der Waals surface area contributed by atoms with Gasteiger partial charge in [0.15, 0.2) is 5.76 Å².